The number of alkyl halides is 3. The topological polar surface area (TPSA) is 92.3 Å². The van der Waals surface area contributed by atoms with E-state index in [2.05, 4.69) is 9.44 Å². The third-order valence-corrected chi connectivity index (χ3v) is 11.1. The van der Waals surface area contributed by atoms with Crippen LogP contribution in [0.3, 0.4) is 0 Å². The molecule has 5 rings (SSSR count). The van der Waals surface area contributed by atoms with Crippen LogP contribution in [0.5, 0.6) is 0 Å². The molecule has 0 aliphatic rings. The molecular weight excluding hydrogens is 554 g/mol. The molecule has 0 amide bonds. The third-order valence-electron chi connectivity index (χ3n) is 5.17. The van der Waals surface area contributed by atoms with Crippen molar-refractivity contribution in [1.82, 2.24) is 0 Å². The fraction of sp³-hybridized carbons (Fsp3) is 0.0435. The number of rotatable bonds is 6. The minimum atomic E-state index is -4.78. The van der Waals surface area contributed by atoms with Crippen LogP contribution in [0.15, 0.2) is 87.3 Å². The van der Waals surface area contributed by atoms with Crippen molar-refractivity contribution in [2.24, 2.45) is 0 Å². The number of fused-ring (bicyclic) bond motifs is 2. The zero-order chi connectivity index (χ0) is 25.7. The molecule has 0 bridgehead atoms. The SMILES string of the molecule is O=S(=O)(Nc1ccc(C(F)(F)F)cc1NS(=O)(=O)c1cc2ccccc2s1)c1cc2ccccc2s1. The van der Waals surface area contributed by atoms with Crippen molar-refractivity contribution in [3.05, 3.63) is 84.4 Å². The smallest absolute Gasteiger partial charge is 0.277 e. The molecule has 0 saturated heterocycles. The van der Waals surface area contributed by atoms with Crippen LogP contribution in [0, 0.1) is 0 Å². The van der Waals surface area contributed by atoms with Gasteiger partial charge >= 0.3 is 6.18 Å². The summed E-state index contributed by atoms with van der Waals surface area (Å²) in [6.07, 6.45) is -4.78. The molecule has 2 aromatic heterocycles. The Morgan fingerprint density at radius 3 is 1.56 bits per heavy atom. The monoisotopic (exact) mass is 568 g/mol. The number of hydrogen-bond acceptors (Lipinski definition) is 6. The number of anilines is 2. The van der Waals surface area contributed by atoms with Gasteiger partial charge in [0.05, 0.1) is 16.9 Å². The van der Waals surface area contributed by atoms with Crippen LogP contribution >= 0.6 is 22.7 Å². The highest BCUT2D eigenvalue weighted by atomic mass is 32.3. The first-order valence-electron chi connectivity index (χ1n) is 10.2. The summed E-state index contributed by atoms with van der Waals surface area (Å²) in [5.74, 6) is 0. The summed E-state index contributed by atoms with van der Waals surface area (Å²) in [5.41, 5.74) is -2.03. The lowest BCUT2D eigenvalue weighted by atomic mass is 10.2. The zero-order valence-electron chi connectivity index (χ0n) is 17.9. The molecule has 0 fully saturated rings. The molecule has 0 aliphatic carbocycles. The van der Waals surface area contributed by atoms with Crippen LogP contribution < -0.4 is 9.44 Å². The minimum absolute atomic E-state index is 0.0677. The Balaban J connectivity index is 1.55. The second kappa shape index (κ2) is 8.76. The van der Waals surface area contributed by atoms with Crippen molar-refractivity contribution in [3.63, 3.8) is 0 Å². The second-order valence-electron chi connectivity index (χ2n) is 7.68. The molecule has 5 aromatic rings. The number of halogens is 3. The molecule has 0 atom stereocenters. The van der Waals surface area contributed by atoms with Gasteiger partial charge in [-0.25, -0.2) is 16.8 Å². The number of benzene rings is 3. The van der Waals surface area contributed by atoms with Gasteiger partial charge in [0.25, 0.3) is 20.0 Å². The Bertz CT molecular complexity index is 1760. The zero-order valence-corrected chi connectivity index (χ0v) is 21.2. The highest BCUT2D eigenvalue weighted by Crippen LogP contribution is 2.38. The quantitative estimate of drug-likeness (QED) is 0.237. The van der Waals surface area contributed by atoms with Crippen LogP contribution in [0.2, 0.25) is 0 Å². The number of sulfonamides is 2. The molecule has 13 heteroatoms. The van der Waals surface area contributed by atoms with Gasteiger partial charge in [-0.2, -0.15) is 13.2 Å². The molecule has 0 aliphatic heterocycles. The van der Waals surface area contributed by atoms with E-state index in [0.717, 1.165) is 28.7 Å². The number of hydrogen-bond donors (Lipinski definition) is 2. The van der Waals surface area contributed by atoms with Crippen molar-refractivity contribution in [3.8, 4) is 0 Å². The molecule has 0 radical (unpaired) electrons. The van der Waals surface area contributed by atoms with Crippen molar-refractivity contribution in [2.45, 2.75) is 14.6 Å². The first-order chi connectivity index (χ1) is 16.9. The molecule has 0 saturated carbocycles. The van der Waals surface area contributed by atoms with E-state index in [4.69, 9.17) is 0 Å². The van der Waals surface area contributed by atoms with Gasteiger partial charge in [-0.15, -0.1) is 22.7 Å². The summed E-state index contributed by atoms with van der Waals surface area (Å²) in [5, 5.41) is 1.33. The van der Waals surface area contributed by atoms with Crippen LogP contribution in [0.1, 0.15) is 5.56 Å². The summed E-state index contributed by atoms with van der Waals surface area (Å²) in [7, 11) is -8.56. The summed E-state index contributed by atoms with van der Waals surface area (Å²) < 4.78 is 98.0. The van der Waals surface area contributed by atoms with Crippen LogP contribution in [-0.2, 0) is 26.2 Å². The summed E-state index contributed by atoms with van der Waals surface area (Å²) >= 11 is 1.92. The molecular formula is C23H15F3N2O4S4. The van der Waals surface area contributed by atoms with E-state index in [0.29, 0.717) is 32.3 Å². The van der Waals surface area contributed by atoms with Gasteiger partial charge in [0.2, 0.25) is 0 Å². The lowest BCUT2D eigenvalue weighted by Gasteiger charge is -2.16. The predicted molar refractivity (Wildman–Crippen MR) is 137 cm³/mol. The average molecular weight is 569 g/mol. The first kappa shape index (κ1) is 24.6. The van der Waals surface area contributed by atoms with E-state index < -0.39 is 37.5 Å². The average Bonchev–Trinajstić information content (AvgIpc) is 3.44. The molecule has 36 heavy (non-hydrogen) atoms. The predicted octanol–water partition coefficient (Wildman–Crippen LogP) is 6.74. The summed E-state index contributed by atoms with van der Waals surface area (Å²) in [4.78, 5) is 0. The molecule has 0 unspecified atom stereocenters. The molecule has 0 spiro atoms. The standard InChI is InChI=1S/C23H15F3N2O4S4/c24-23(25,26)16-9-10-17(27-35(29,30)21-11-14-5-1-3-7-19(14)33-21)18(13-16)28-36(31,32)22-12-15-6-2-4-8-20(15)34-22/h1-13,27-28H. The maximum absolute atomic E-state index is 13.4. The maximum atomic E-state index is 13.4. The molecule has 186 valence electrons. The normalized spacial score (nSPS) is 12.8. The Labute approximate surface area is 212 Å². The third kappa shape index (κ3) is 4.78. The Hall–Kier alpha value is -3.13. The van der Waals surface area contributed by atoms with Gasteiger partial charge in [-0.05, 0) is 53.2 Å². The number of thiophene rings is 2. The largest absolute Gasteiger partial charge is 0.416 e. The van der Waals surface area contributed by atoms with Gasteiger partial charge in [0.15, 0.2) is 0 Å². The van der Waals surface area contributed by atoms with Gasteiger partial charge in [0.1, 0.15) is 8.42 Å². The Morgan fingerprint density at radius 1 is 0.611 bits per heavy atom. The van der Waals surface area contributed by atoms with E-state index in [9.17, 15) is 30.0 Å². The highest BCUT2D eigenvalue weighted by molar-refractivity contribution is 7.95. The second-order valence-corrected chi connectivity index (χ2v) is 13.7. The van der Waals surface area contributed by atoms with Crippen molar-refractivity contribution in [1.29, 1.82) is 0 Å². The minimum Gasteiger partial charge on any atom is -0.277 e. The lowest BCUT2D eigenvalue weighted by molar-refractivity contribution is -0.137. The van der Waals surface area contributed by atoms with Gasteiger partial charge in [0, 0.05) is 9.40 Å². The maximum Gasteiger partial charge on any atom is 0.416 e. The van der Waals surface area contributed by atoms with E-state index in [-0.39, 0.29) is 14.1 Å². The molecule has 6 nitrogen and oxygen atoms in total. The van der Waals surface area contributed by atoms with Crippen molar-refractivity contribution >= 4 is 74.3 Å². The molecule has 3 aromatic carbocycles. The molecule has 2 heterocycles. The van der Waals surface area contributed by atoms with Gasteiger partial charge < -0.3 is 0 Å². The Kier molecular flexibility index (Phi) is 5.98. The fourth-order valence-electron chi connectivity index (χ4n) is 3.46. The van der Waals surface area contributed by atoms with Gasteiger partial charge in [-0.1, -0.05) is 36.4 Å². The van der Waals surface area contributed by atoms with Crippen LogP contribution in [0.25, 0.3) is 20.2 Å². The van der Waals surface area contributed by atoms with E-state index in [1.54, 1.807) is 48.5 Å². The number of nitrogens with one attached hydrogen (secondary N) is 2. The summed E-state index contributed by atoms with van der Waals surface area (Å²) in [6, 6.07) is 18.8. The van der Waals surface area contributed by atoms with Crippen molar-refractivity contribution < 1.29 is 30.0 Å². The lowest BCUT2D eigenvalue weighted by Crippen LogP contribution is -2.17. The Morgan fingerprint density at radius 2 is 1.08 bits per heavy atom. The molecule has 2 N–H and O–H groups in total. The van der Waals surface area contributed by atoms with Crippen molar-refractivity contribution in [2.75, 3.05) is 9.44 Å². The first-order valence-corrected chi connectivity index (χ1v) is 14.8. The fourth-order valence-corrected chi connectivity index (χ4v) is 8.41. The highest BCUT2D eigenvalue weighted by Gasteiger charge is 2.32. The van der Waals surface area contributed by atoms with E-state index in [1.807, 2.05) is 0 Å². The summed E-state index contributed by atoms with van der Waals surface area (Å²) in [6.45, 7) is 0. The van der Waals surface area contributed by atoms with E-state index in [1.165, 1.54) is 12.1 Å². The van der Waals surface area contributed by atoms with E-state index >= 15 is 0 Å². The van der Waals surface area contributed by atoms with Gasteiger partial charge in [-0.3, -0.25) is 9.44 Å². The van der Waals surface area contributed by atoms with Crippen LogP contribution in [0.4, 0.5) is 24.5 Å². The van der Waals surface area contributed by atoms with Crippen LogP contribution in [-0.4, -0.2) is 16.8 Å².